The van der Waals surface area contributed by atoms with E-state index in [4.69, 9.17) is 28.9 Å². The number of nitrogens with zero attached hydrogens (tertiary/aromatic N) is 1. The number of alkyl halides is 3. The molecular weight excluding hydrogens is 300 g/mol. The summed E-state index contributed by atoms with van der Waals surface area (Å²) in [5, 5.41) is 0.590. The summed E-state index contributed by atoms with van der Waals surface area (Å²) < 4.78 is 38.3. The molecule has 19 heavy (non-hydrogen) atoms. The molecule has 106 valence electrons. The highest BCUT2D eigenvalue weighted by Crippen LogP contribution is 2.38. The van der Waals surface area contributed by atoms with Gasteiger partial charge in [0.2, 0.25) is 0 Å². The lowest BCUT2D eigenvalue weighted by atomic mass is 9.97. The summed E-state index contributed by atoms with van der Waals surface area (Å²) in [6, 6.07) is 2.99. The van der Waals surface area contributed by atoms with E-state index >= 15 is 0 Å². The fraction of sp³-hybridized carbons (Fsp3) is 0.500. The molecule has 0 saturated carbocycles. The normalized spacial score (nSPS) is 20.7. The van der Waals surface area contributed by atoms with Crippen LogP contribution in [0.25, 0.3) is 0 Å². The SMILES string of the molecule is Nc1cc(Cl)c(Cl)cc1N1CCCC(C(F)(F)F)C1. The van der Waals surface area contributed by atoms with Crippen LogP contribution in [-0.4, -0.2) is 19.3 Å². The van der Waals surface area contributed by atoms with Crippen LogP contribution in [0.1, 0.15) is 12.8 Å². The Morgan fingerprint density at radius 1 is 1.21 bits per heavy atom. The van der Waals surface area contributed by atoms with E-state index < -0.39 is 12.1 Å². The molecule has 1 saturated heterocycles. The van der Waals surface area contributed by atoms with Crippen LogP contribution < -0.4 is 10.6 Å². The summed E-state index contributed by atoms with van der Waals surface area (Å²) in [7, 11) is 0. The minimum absolute atomic E-state index is 0.0916. The number of benzene rings is 1. The second-order valence-electron chi connectivity index (χ2n) is 4.65. The molecule has 2 N–H and O–H groups in total. The van der Waals surface area contributed by atoms with Crippen LogP contribution in [0.3, 0.4) is 0 Å². The van der Waals surface area contributed by atoms with E-state index in [1.54, 1.807) is 4.90 Å². The fourth-order valence-electron chi connectivity index (χ4n) is 2.29. The summed E-state index contributed by atoms with van der Waals surface area (Å²) >= 11 is 11.7. The largest absolute Gasteiger partial charge is 0.397 e. The number of nitrogens with two attached hydrogens (primary N) is 1. The summed E-state index contributed by atoms with van der Waals surface area (Å²) in [4.78, 5) is 1.62. The van der Waals surface area contributed by atoms with Gasteiger partial charge in [0.15, 0.2) is 0 Å². The van der Waals surface area contributed by atoms with E-state index in [2.05, 4.69) is 0 Å². The van der Waals surface area contributed by atoms with Crippen molar-refractivity contribution in [2.24, 2.45) is 5.92 Å². The number of anilines is 2. The lowest BCUT2D eigenvalue weighted by Crippen LogP contribution is -2.42. The van der Waals surface area contributed by atoms with Gasteiger partial charge in [-0.05, 0) is 25.0 Å². The maximum Gasteiger partial charge on any atom is 0.393 e. The van der Waals surface area contributed by atoms with E-state index in [0.717, 1.165) is 0 Å². The van der Waals surface area contributed by atoms with Crippen molar-refractivity contribution in [1.29, 1.82) is 0 Å². The van der Waals surface area contributed by atoms with Crippen LogP contribution in [0, 0.1) is 5.92 Å². The Labute approximate surface area is 119 Å². The van der Waals surface area contributed by atoms with Crippen LogP contribution >= 0.6 is 23.2 Å². The Morgan fingerprint density at radius 3 is 2.47 bits per heavy atom. The first kappa shape index (κ1) is 14.6. The van der Waals surface area contributed by atoms with Crippen molar-refractivity contribution in [3.63, 3.8) is 0 Å². The molecule has 1 aliphatic heterocycles. The predicted octanol–water partition coefficient (Wildman–Crippen LogP) is 4.35. The second kappa shape index (κ2) is 5.29. The Morgan fingerprint density at radius 2 is 1.84 bits per heavy atom. The fourth-order valence-corrected chi connectivity index (χ4v) is 2.62. The minimum Gasteiger partial charge on any atom is -0.397 e. The van der Waals surface area contributed by atoms with Crippen LogP contribution in [-0.2, 0) is 0 Å². The van der Waals surface area contributed by atoms with Gasteiger partial charge in [0, 0.05) is 13.1 Å². The third-order valence-corrected chi connectivity index (χ3v) is 4.02. The van der Waals surface area contributed by atoms with Gasteiger partial charge in [-0.2, -0.15) is 13.2 Å². The van der Waals surface area contributed by atoms with Crippen LogP contribution in [0.15, 0.2) is 12.1 Å². The average Bonchev–Trinajstić information content (AvgIpc) is 2.33. The summed E-state index contributed by atoms with van der Waals surface area (Å²) in [5.74, 6) is -1.32. The second-order valence-corrected chi connectivity index (χ2v) is 5.47. The molecule has 0 aliphatic carbocycles. The van der Waals surface area contributed by atoms with Gasteiger partial charge in [-0.1, -0.05) is 23.2 Å². The highest BCUT2D eigenvalue weighted by molar-refractivity contribution is 6.42. The predicted molar refractivity (Wildman–Crippen MR) is 71.9 cm³/mol. The standard InChI is InChI=1S/C12H13Cl2F3N2/c13-8-4-10(18)11(5-9(8)14)19-3-1-2-7(6-19)12(15,16)17/h4-5,7H,1-3,6,18H2. The number of halogens is 5. The summed E-state index contributed by atoms with van der Waals surface area (Å²) in [6.07, 6.45) is -3.55. The highest BCUT2D eigenvalue weighted by atomic mass is 35.5. The smallest absolute Gasteiger partial charge is 0.393 e. The molecule has 1 heterocycles. The molecule has 0 bridgehead atoms. The van der Waals surface area contributed by atoms with Crippen LogP contribution in [0.5, 0.6) is 0 Å². The number of nitrogen functional groups attached to an aromatic ring is 1. The molecule has 0 radical (unpaired) electrons. The van der Waals surface area contributed by atoms with Gasteiger partial charge in [0.25, 0.3) is 0 Å². The van der Waals surface area contributed by atoms with Crippen molar-refractivity contribution in [3.05, 3.63) is 22.2 Å². The Kier molecular flexibility index (Phi) is 4.06. The molecule has 7 heteroatoms. The third kappa shape index (κ3) is 3.20. The zero-order valence-electron chi connectivity index (χ0n) is 9.97. The van der Waals surface area contributed by atoms with Gasteiger partial charge in [0.05, 0.1) is 27.3 Å². The van der Waals surface area contributed by atoms with Crippen molar-refractivity contribution in [2.75, 3.05) is 23.7 Å². The molecule has 2 rings (SSSR count). The summed E-state index contributed by atoms with van der Waals surface area (Å²) in [6.45, 7) is 0.445. The molecular formula is C12H13Cl2F3N2. The molecule has 2 nitrogen and oxygen atoms in total. The first-order chi connectivity index (χ1) is 8.79. The average molecular weight is 313 g/mol. The Balaban J connectivity index is 2.25. The number of hydrogen-bond acceptors (Lipinski definition) is 2. The molecule has 1 aromatic rings. The van der Waals surface area contributed by atoms with Crippen LogP contribution in [0.2, 0.25) is 10.0 Å². The molecule has 1 atom stereocenters. The first-order valence-corrected chi connectivity index (χ1v) is 6.61. The van der Waals surface area contributed by atoms with Crippen molar-refractivity contribution in [2.45, 2.75) is 19.0 Å². The molecule has 0 aromatic heterocycles. The number of hydrogen-bond donors (Lipinski definition) is 1. The molecule has 0 spiro atoms. The molecule has 0 amide bonds. The van der Waals surface area contributed by atoms with E-state index in [1.165, 1.54) is 12.1 Å². The van der Waals surface area contributed by atoms with Crippen molar-refractivity contribution in [3.8, 4) is 0 Å². The zero-order chi connectivity index (χ0) is 14.2. The molecule has 1 aromatic carbocycles. The monoisotopic (exact) mass is 312 g/mol. The van der Waals surface area contributed by atoms with Gasteiger partial charge >= 0.3 is 6.18 Å². The van der Waals surface area contributed by atoms with Gasteiger partial charge in [-0.25, -0.2) is 0 Å². The Bertz CT molecular complexity index is 477. The molecule has 1 aliphatic rings. The quantitative estimate of drug-likeness (QED) is 0.781. The lowest BCUT2D eigenvalue weighted by Gasteiger charge is -2.36. The summed E-state index contributed by atoms with van der Waals surface area (Å²) in [5.41, 5.74) is 6.67. The van der Waals surface area contributed by atoms with Gasteiger partial charge in [-0.15, -0.1) is 0 Å². The van der Waals surface area contributed by atoms with Crippen LogP contribution in [0.4, 0.5) is 24.5 Å². The van der Waals surface area contributed by atoms with Gasteiger partial charge in [0.1, 0.15) is 0 Å². The van der Waals surface area contributed by atoms with E-state index in [9.17, 15) is 13.2 Å². The highest BCUT2D eigenvalue weighted by Gasteiger charge is 2.42. The Hall–Kier alpha value is -0.810. The maximum atomic E-state index is 12.8. The topological polar surface area (TPSA) is 29.3 Å². The minimum atomic E-state index is -4.18. The van der Waals surface area contributed by atoms with Gasteiger partial charge < -0.3 is 10.6 Å². The van der Waals surface area contributed by atoms with Gasteiger partial charge in [-0.3, -0.25) is 0 Å². The zero-order valence-corrected chi connectivity index (χ0v) is 11.5. The molecule has 1 fully saturated rings. The number of rotatable bonds is 1. The maximum absolute atomic E-state index is 12.8. The van der Waals surface area contributed by atoms with E-state index in [0.29, 0.717) is 34.4 Å². The lowest BCUT2D eigenvalue weighted by molar-refractivity contribution is -0.175. The van der Waals surface area contributed by atoms with Crippen molar-refractivity contribution >= 4 is 34.6 Å². The van der Waals surface area contributed by atoms with E-state index in [1.807, 2.05) is 0 Å². The number of piperidine rings is 1. The third-order valence-electron chi connectivity index (χ3n) is 3.29. The van der Waals surface area contributed by atoms with Crippen molar-refractivity contribution < 1.29 is 13.2 Å². The van der Waals surface area contributed by atoms with E-state index in [-0.39, 0.29) is 13.0 Å². The van der Waals surface area contributed by atoms with Crippen molar-refractivity contribution in [1.82, 2.24) is 0 Å². The first-order valence-electron chi connectivity index (χ1n) is 5.85. The molecule has 1 unspecified atom stereocenters.